The molecule has 1 N–H and O–H groups in total. The van der Waals surface area contributed by atoms with Gasteiger partial charge in [0, 0.05) is 29.8 Å². The quantitative estimate of drug-likeness (QED) is 0.857. The van der Waals surface area contributed by atoms with Gasteiger partial charge in [0.25, 0.3) is 5.91 Å². The number of alkyl halides is 3. The molecule has 128 valence electrons. The number of nitrogens with one attached hydrogen (secondary N) is 1. The molecule has 2 aromatic carbocycles. The number of benzene rings is 2. The topological polar surface area (TPSA) is 38.3 Å². The molecule has 0 aliphatic heterocycles. The van der Waals surface area contributed by atoms with Crippen LogP contribution < -0.4 is 5.32 Å². The standard InChI is InChI=1S/C17H15ClF3NO2/c1-24-15(13-4-2-3-5-14(13)18)10-22-16(23)11-6-8-12(9-7-11)17(19,20)21/h2-9,15H,10H2,1H3,(H,22,23). The fourth-order valence-corrected chi connectivity index (χ4v) is 2.41. The molecule has 0 saturated heterocycles. The van der Waals surface area contributed by atoms with E-state index in [1.807, 2.05) is 0 Å². The van der Waals surface area contributed by atoms with E-state index in [0.29, 0.717) is 5.02 Å². The number of hydrogen-bond acceptors (Lipinski definition) is 2. The van der Waals surface area contributed by atoms with Crippen LogP contribution in [0.3, 0.4) is 0 Å². The highest BCUT2D eigenvalue weighted by Gasteiger charge is 2.30. The van der Waals surface area contributed by atoms with Crippen molar-refractivity contribution < 1.29 is 22.7 Å². The molecule has 0 aliphatic carbocycles. The van der Waals surface area contributed by atoms with E-state index in [9.17, 15) is 18.0 Å². The Kier molecular flexibility index (Phi) is 5.85. The summed E-state index contributed by atoms with van der Waals surface area (Å²) in [5.74, 6) is -0.488. The molecule has 0 fully saturated rings. The van der Waals surface area contributed by atoms with Gasteiger partial charge in [-0.2, -0.15) is 13.2 Å². The number of methoxy groups -OCH3 is 1. The molecule has 1 atom stereocenters. The summed E-state index contributed by atoms with van der Waals surface area (Å²) in [7, 11) is 1.48. The number of amides is 1. The fourth-order valence-electron chi connectivity index (χ4n) is 2.15. The van der Waals surface area contributed by atoms with Crippen LogP contribution in [0.4, 0.5) is 13.2 Å². The summed E-state index contributed by atoms with van der Waals surface area (Å²) in [6.45, 7) is 0.139. The first-order valence-corrected chi connectivity index (χ1v) is 7.43. The highest BCUT2D eigenvalue weighted by atomic mass is 35.5. The normalized spacial score (nSPS) is 12.7. The van der Waals surface area contributed by atoms with E-state index in [1.165, 1.54) is 7.11 Å². The van der Waals surface area contributed by atoms with Crippen LogP contribution in [0.25, 0.3) is 0 Å². The smallest absolute Gasteiger partial charge is 0.375 e. The molecule has 2 aromatic rings. The Morgan fingerprint density at radius 1 is 1.17 bits per heavy atom. The third kappa shape index (κ3) is 4.49. The summed E-state index contributed by atoms with van der Waals surface area (Å²) in [6.07, 6.45) is -4.89. The average Bonchev–Trinajstić information content (AvgIpc) is 2.56. The molecule has 3 nitrogen and oxygen atoms in total. The van der Waals surface area contributed by atoms with E-state index < -0.39 is 23.8 Å². The van der Waals surface area contributed by atoms with Gasteiger partial charge in [-0.3, -0.25) is 4.79 Å². The number of carbonyl (C=O) groups is 1. The molecular formula is C17H15ClF3NO2. The van der Waals surface area contributed by atoms with Gasteiger partial charge in [0.2, 0.25) is 0 Å². The fraction of sp³-hybridized carbons (Fsp3) is 0.235. The zero-order chi connectivity index (χ0) is 17.7. The van der Waals surface area contributed by atoms with Gasteiger partial charge in [0.05, 0.1) is 5.56 Å². The van der Waals surface area contributed by atoms with Gasteiger partial charge in [0.1, 0.15) is 6.10 Å². The zero-order valence-electron chi connectivity index (χ0n) is 12.7. The SMILES string of the molecule is COC(CNC(=O)c1ccc(C(F)(F)F)cc1)c1ccccc1Cl. The van der Waals surface area contributed by atoms with E-state index >= 15 is 0 Å². The van der Waals surface area contributed by atoms with E-state index in [4.69, 9.17) is 16.3 Å². The first-order valence-electron chi connectivity index (χ1n) is 7.05. The Morgan fingerprint density at radius 2 is 1.79 bits per heavy atom. The van der Waals surface area contributed by atoms with Crippen molar-refractivity contribution in [3.05, 3.63) is 70.2 Å². The number of ether oxygens (including phenoxy) is 1. The van der Waals surface area contributed by atoms with E-state index in [-0.39, 0.29) is 12.1 Å². The van der Waals surface area contributed by atoms with Gasteiger partial charge in [-0.05, 0) is 30.3 Å². The van der Waals surface area contributed by atoms with E-state index in [1.54, 1.807) is 24.3 Å². The molecule has 0 saturated carbocycles. The molecule has 1 unspecified atom stereocenters. The van der Waals surface area contributed by atoms with Crippen molar-refractivity contribution in [2.75, 3.05) is 13.7 Å². The van der Waals surface area contributed by atoms with Crippen LogP contribution in [0, 0.1) is 0 Å². The van der Waals surface area contributed by atoms with E-state index in [0.717, 1.165) is 29.8 Å². The highest BCUT2D eigenvalue weighted by Crippen LogP contribution is 2.29. The minimum absolute atomic E-state index is 0.136. The van der Waals surface area contributed by atoms with Gasteiger partial charge < -0.3 is 10.1 Å². The minimum Gasteiger partial charge on any atom is -0.375 e. The third-order valence-electron chi connectivity index (χ3n) is 3.46. The van der Waals surface area contributed by atoms with Crippen LogP contribution in [0.1, 0.15) is 27.6 Å². The largest absolute Gasteiger partial charge is 0.416 e. The molecule has 0 aliphatic rings. The second kappa shape index (κ2) is 7.68. The lowest BCUT2D eigenvalue weighted by Gasteiger charge is -2.18. The van der Waals surface area contributed by atoms with Crippen LogP contribution in [0.2, 0.25) is 5.02 Å². The summed E-state index contributed by atoms with van der Waals surface area (Å²) in [5, 5.41) is 3.14. The number of hydrogen-bond donors (Lipinski definition) is 1. The van der Waals surface area contributed by atoms with Crippen LogP contribution in [-0.2, 0) is 10.9 Å². The van der Waals surface area contributed by atoms with Crippen LogP contribution >= 0.6 is 11.6 Å². The second-order valence-corrected chi connectivity index (χ2v) is 5.44. The molecule has 0 radical (unpaired) electrons. The van der Waals surface area contributed by atoms with Crippen molar-refractivity contribution in [2.45, 2.75) is 12.3 Å². The first kappa shape index (κ1) is 18.3. The second-order valence-electron chi connectivity index (χ2n) is 5.03. The summed E-state index contributed by atoms with van der Waals surface area (Å²) in [4.78, 5) is 12.1. The number of carbonyl (C=O) groups excluding carboxylic acids is 1. The molecule has 0 aromatic heterocycles. The summed E-state index contributed by atoms with van der Waals surface area (Å²) < 4.78 is 42.9. The highest BCUT2D eigenvalue weighted by molar-refractivity contribution is 6.31. The van der Waals surface area contributed by atoms with Crippen molar-refractivity contribution in [3.8, 4) is 0 Å². The Morgan fingerprint density at radius 3 is 2.33 bits per heavy atom. The van der Waals surface area contributed by atoms with E-state index in [2.05, 4.69) is 5.32 Å². The lowest BCUT2D eigenvalue weighted by molar-refractivity contribution is -0.137. The monoisotopic (exact) mass is 357 g/mol. The lowest BCUT2D eigenvalue weighted by Crippen LogP contribution is -2.29. The molecule has 7 heteroatoms. The molecule has 0 spiro atoms. The Labute approximate surface area is 142 Å². The van der Waals surface area contributed by atoms with Gasteiger partial charge in [0.15, 0.2) is 0 Å². The Bertz CT molecular complexity index is 702. The maximum atomic E-state index is 12.5. The minimum atomic E-state index is -4.43. The molecule has 24 heavy (non-hydrogen) atoms. The van der Waals surface area contributed by atoms with Crippen molar-refractivity contribution in [1.82, 2.24) is 5.32 Å². The Balaban J connectivity index is 2.03. The van der Waals surface area contributed by atoms with Gasteiger partial charge in [-0.25, -0.2) is 0 Å². The van der Waals surface area contributed by atoms with Crippen molar-refractivity contribution >= 4 is 17.5 Å². The lowest BCUT2D eigenvalue weighted by atomic mass is 10.1. The van der Waals surface area contributed by atoms with Gasteiger partial charge >= 0.3 is 6.18 Å². The Hall–Kier alpha value is -2.05. The van der Waals surface area contributed by atoms with Gasteiger partial charge in [-0.1, -0.05) is 29.8 Å². The molecule has 1 amide bonds. The predicted octanol–water partition coefficient (Wildman–Crippen LogP) is 4.48. The van der Waals surface area contributed by atoms with Crippen LogP contribution in [0.15, 0.2) is 48.5 Å². The maximum absolute atomic E-state index is 12.5. The molecule has 2 rings (SSSR count). The first-order chi connectivity index (χ1) is 11.3. The van der Waals surface area contributed by atoms with Crippen molar-refractivity contribution in [2.24, 2.45) is 0 Å². The molecule has 0 heterocycles. The van der Waals surface area contributed by atoms with Crippen molar-refractivity contribution in [1.29, 1.82) is 0 Å². The molecular weight excluding hydrogens is 343 g/mol. The summed E-state index contributed by atoms with van der Waals surface area (Å²) in [5.41, 5.74) is 0.0521. The average molecular weight is 358 g/mol. The molecule has 0 bridgehead atoms. The zero-order valence-corrected chi connectivity index (χ0v) is 13.5. The summed E-state index contributed by atoms with van der Waals surface area (Å²) >= 11 is 6.09. The van der Waals surface area contributed by atoms with Gasteiger partial charge in [-0.15, -0.1) is 0 Å². The van der Waals surface area contributed by atoms with Crippen LogP contribution in [0.5, 0.6) is 0 Å². The number of halogens is 4. The maximum Gasteiger partial charge on any atom is 0.416 e. The predicted molar refractivity (Wildman–Crippen MR) is 85.0 cm³/mol. The summed E-state index contributed by atoms with van der Waals surface area (Å²) in [6, 6.07) is 11.1. The van der Waals surface area contributed by atoms with Crippen LogP contribution in [-0.4, -0.2) is 19.6 Å². The van der Waals surface area contributed by atoms with Crippen molar-refractivity contribution in [3.63, 3.8) is 0 Å². The third-order valence-corrected chi connectivity index (χ3v) is 3.80. The number of rotatable bonds is 5.